The summed E-state index contributed by atoms with van der Waals surface area (Å²) in [6, 6.07) is -0.628. The molecule has 0 rings (SSSR count). The van der Waals surface area contributed by atoms with Gasteiger partial charge in [-0.05, 0) is 89.9 Å². The molecule has 1 amide bonds. The molecule has 0 aromatic heterocycles. The number of carbonyl (C=O) groups is 2. The Morgan fingerprint density at radius 3 is 0.940 bits per heavy atom. The summed E-state index contributed by atoms with van der Waals surface area (Å²) in [7, 11) is 0. The first-order chi connectivity index (χ1) is 41.0. The number of unbranched alkanes of at least 4 members (excludes halogenated alkanes) is 53. The van der Waals surface area contributed by atoms with E-state index in [1.54, 1.807) is 6.08 Å². The van der Waals surface area contributed by atoms with Crippen LogP contribution in [0.5, 0.6) is 0 Å². The van der Waals surface area contributed by atoms with Crippen LogP contribution in [0.3, 0.4) is 0 Å². The van der Waals surface area contributed by atoms with Gasteiger partial charge in [-0.25, -0.2) is 0 Å². The fraction of sp³-hybridized carbons (Fsp3) is 0.870. The molecule has 6 nitrogen and oxygen atoms in total. The van der Waals surface area contributed by atoms with Crippen molar-refractivity contribution in [2.24, 2.45) is 0 Å². The van der Waals surface area contributed by atoms with Gasteiger partial charge in [-0.2, -0.15) is 0 Å². The maximum atomic E-state index is 12.5. The van der Waals surface area contributed by atoms with E-state index in [9.17, 15) is 19.8 Å². The quantitative estimate of drug-likeness (QED) is 0.0320. The van der Waals surface area contributed by atoms with Crippen LogP contribution < -0.4 is 5.32 Å². The summed E-state index contributed by atoms with van der Waals surface area (Å²) in [5.41, 5.74) is 0. The van der Waals surface area contributed by atoms with Gasteiger partial charge in [0, 0.05) is 12.8 Å². The summed E-state index contributed by atoms with van der Waals surface area (Å²) in [5.74, 6) is -0.0538. The third-order valence-corrected chi connectivity index (χ3v) is 17.3. The Bertz CT molecular complexity index is 1390. The minimum Gasteiger partial charge on any atom is -0.466 e. The molecule has 0 aliphatic carbocycles. The molecular weight excluding hydrogens is 1020 g/mol. The van der Waals surface area contributed by atoms with Crippen LogP contribution in [-0.4, -0.2) is 47.4 Å². The average Bonchev–Trinajstić information content (AvgIpc) is 3.48. The van der Waals surface area contributed by atoms with Gasteiger partial charge in [-0.3, -0.25) is 9.59 Å². The number of esters is 1. The zero-order valence-electron chi connectivity index (χ0n) is 55.9. The number of allylic oxidation sites excluding steroid dienone is 7. The highest BCUT2D eigenvalue weighted by molar-refractivity contribution is 5.76. The zero-order valence-corrected chi connectivity index (χ0v) is 55.9. The Kier molecular flexibility index (Phi) is 70.4. The van der Waals surface area contributed by atoms with Crippen molar-refractivity contribution in [3.63, 3.8) is 0 Å². The molecular formula is C77H145NO5. The standard InChI is InChI=1S/C77H145NO5/c1-3-5-7-9-11-13-15-17-19-21-37-41-45-49-53-57-61-65-69-75(80)74(73-79)78-76(81)70-66-62-58-54-50-46-42-38-35-33-31-29-27-25-23-24-26-28-30-32-34-36-40-44-48-52-56-60-64-68-72-83-77(82)71-67-63-59-55-51-47-43-39-22-20-18-16-14-12-10-8-6-4-2/h14,16,20,22,24,26,65,69,74-75,79-80H,3-13,15,17-19,21,23,25,27-64,66-68,70-73H2,1-2H3,(H,78,81)/b16-14-,22-20-,26-24-,69-65+. The molecule has 83 heavy (non-hydrogen) atoms. The van der Waals surface area contributed by atoms with E-state index in [1.807, 2.05) is 6.08 Å². The minimum atomic E-state index is -0.845. The fourth-order valence-corrected chi connectivity index (χ4v) is 11.6. The number of hydrogen-bond donors (Lipinski definition) is 3. The van der Waals surface area contributed by atoms with Gasteiger partial charge in [0.05, 0.1) is 25.4 Å². The van der Waals surface area contributed by atoms with Gasteiger partial charge in [-0.1, -0.05) is 351 Å². The minimum absolute atomic E-state index is 0.00977. The van der Waals surface area contributed by atoms with E-state index in [2.05, 4.69) is 55.6 Å². The third kappa shape index (κ3) is 68.8. The molecule has 6 heteroatoms. The second-order valence-corrected chi connectivity index (χ2v) is 25.6. The third-order valence-electron chi connectivity index (χ3n) is 17.3. The molecule has 2 unspecified atom stereocenters. The summed E-state index contributed by atoms with van der Waals surface area (Å²) in [5, 5.41) is 23.2. The van der Waals surface area contributed by atoms with E-state index >= 15 is 0 Å². The second kappa shape index (κ2) is 72.3. The monoisotopic (exact) mass is 1160 g/mol. The number of amides is 1. The Hall–Kier alpha value is -2.18. The molecule has 0 aromatic rings. The van der Waals surface area contributed by atoms with E-state index in [0.29, 0.717) is 19.4 Å². The zero-order chi connectivity index (χ0) is 59.9. The fourth-order valence-electron chi connectivity index (χ4n) is 11.6. The number of rotatable bonds is 70. The van der Waals surface area contributed by atoms with Crippen molar-refractivity contribution in [3.05, 3.63) is 48.6 Å². The molecule has 488 valence electrons. The van der Waals surface area contributed by atoms with Crippen LogP contribution in [0.4, 0.5) is 0 Å². The number of hydrogen-bond acceptors (Lipinski definition) is 5. The Morgan fingerprint density at radius 2 is 0.602 bits per heavy atom. The highest BCUT2D eigenvalue weighted by Crippen LogP contribution is 2.18. The molecule has 3 N–H and O–H groups in total. The van der Waals surface area contributed by atoms with Crippen LogP contribution >= 0.6 is 0 Å². The van der Waals surface area contributed by atoms with Crippen LogP contribution in [-0.2, 0) is 14.3 Å². The molecule has 0 aliphatic rings. The predicted octanol–water partition coefficient (Wildman–Crippen LogP) is 24.4. The highest BCUT2D eigenvalue weighted by atomic mass is 16.5. The molecule has 0 spiro atoms. The van der Waals surface area contributed by atoms with E-state index < -0.39 is 12.1 Å². The van der Waals surface area contributed by atoms with Gasteiger partial charge in [0.25, 0.3) is 0 Å². The number of aliphatic hydroxyl groups excluding tert-OH is 2. The summed E-state index contributed by atoms with van der Waals surface area (Å²) < 4.78 is 5.50. The average molecular weight is 1170 g/mol. The summed E-state index contributed by atoms with van der Waals surface area (Å²) in [6.07, 6.45) is 94.9. The first kappa shape index (κ1) is 80.8. The SMILES string of the molecule is CCCCCC/C=C\C/C=C\CCCCCCCCCC(=O)OCCCCCCCCCCCCCC/C=C\CCCCCCCCCCCCCCCCC(=O)NC(CO)C(O)/C=C/CCCCCCCCCCCCCCCCCC. The summed E-state index contributed by atoms with van der Waals surface area (Å²) in [4.78, 5) is 24.6. The molecule has 0 saturated carbocycles. The first-order valence-corrected chi connectivity index (χ1v) is 37.4. The topological polar surface area (TPSA) is 95.9 Å². The normalized spacial score (nSPS) is 12.8. The van der Waals surface area contributed by atoms with Crippen LogP contribution in [0, 0.1) is 0 Å². The molecule has 0 fully saturated rings. The van der Waals surface area contributed by atoms with Crippen LogP contribution in [0.15, 0.2) is 48.6 Å². The van der Waals surface area contributed by atoms with Crippen molar-refractivity contribution in [2.45, 2.75) is 418 Å². The van der Waals surface area contributed by atoms with Crippen molar-refractivity contribution < 1.29 is 24.5 Å². The first-order valence-electron chi connectivity index (χ1n) is 37.4. The lowest BCUT2D eigenvalue weighted by Crippen LogP contribution is -2.45. The lowest BCUT2D eigenvalue weighted by Gasteiger charge is -2.20. The predicted molar refractivity (Wildman–Crippen MR) is 366 cm³/mol. The molecule has 0 radical (unpaired) electrons. The smallest absolute Gasteiger partial charge is 0.305 e. The summed E-state index contributed by atoms with van der Waals surface area (Å²) >= 11 is 0. The van der Waals surface area contributed by atoms with Crippen molar-refractivity contribution in [3.8, 4) is 0 Å². The van der Waals surface area contributed by atoms with Gasteiger partial charge in [0.15, 0.2) is 0 Å². The lowest BCUT2D eigenvalue weighted by atomic mass is 10.0. The highest BCUT2D eigenvalue weighted by Gasteiger charge is 2.18. The Labute approximate surface area is 518 Å². The molecule has 0 saturated heterocycles. The van der Waals surface area contributed by atoms with Gasteiger partial charge in [0.2, 0.25) is 5.91 Å². The number of carbonyl (C=O) groups excluding carboxylic acids is 2. The van der Waals surface area contributed by atoms with Gasteiger partial charge < -0.3 is 20.3 Å². The lowest BCUT2D eigenvalue weighted by molar-refractivity contribution is -0.143. The molecule has 0 aromatic carbocycles. The molecule has 0 bridgehead atoms. The van der Waals surface area contributed by atoms with Crippen LogP contribution in [0.1, 0.15) is 406 Å². The number of ether oxygens (including phenoxy) is 1. The van der Waals surface area contributed by atoms with Crippen molar-refractivity contribution in [2.75, 3.05) is 13.2 Å². The Balaban J connectivity index is 3.38. The maximum absolute atomic E-state index is 12.5. The van der Waals surface area contributed by atoms with Gasteiger partial charge >= 0.3 is 5.97 Å². The number of nitrogens with one attached hydrogen (secondary N) is 1. The number of aliphatic hydroxyl groups is 2. The van der Waals surface area contributed by atoms with E-state index in [-0.39, 0.29) is 18.5 Å². The van der Waals surface area contributed by atoms with Gasteiger partial charge in [0.1, 0.15) is 0 Å². The van der Waals surface area contributed by atoms with Crippen molar-refractivity contribution in [1.82, 2.24) is 5.32 Å². The van der Waals surface area contributed by atoms with Crippen molar-refractivity contribution in [1.29, 1.82) is 0 Å². The Morgan fingerprint density at radius 1 is 0.337 bits per heavy atom. The second-order valence-electron chi connectivity index (χ2n) is 25.6. The molecule has 2 atom stereocenters. The van der Waals surface area contributed by atoms with Crippen molar-refractivity contribution >= 4 is 11.9 Å². The van der Waals surface area contributed by atoms with E-state index in [0.717, 1.165) is 51.4 Å². The summed E-state index contributed by atoms with van der Waals surface area (Å²) in [6.45, 7) is 4.92. The molecule has 0 heterocycles. The maximum Gasteiger partial charge on any atom is 0.305 e. The van der Waals surface area contributed by atoms with Crippen LogP contribution in [0.2, 0.25) is 0 Å². The van der Waals surface area contributed by atoms with E-state index in [4.69, 9.17) is 4.74 Å². The molecule has 0 aliphatic heterocycles. The van der Waals surface area contributed by atoms with E-state index in [1.165, 1.54) is 327 Å². The van der Waals surface area contributed by atoms with Crippen LogP contribution in [0.25, 0.3) is 0 Å². The largest absolute Gasteiger partial charge is 0.466 e. The van der Waals surface area contributed by atoms with Gasteiger partial charge in [-0.15, -0.1) is 0 Å².